The summed E-state index contributed by atoms with van der Waals surface area (Å²) in [6.45, 7) is -0.546. The van der Waals surface area contributed by atoms with Crippen molar-refractivity contribution in [1.82, 2.24) is 5.32 Å². The Morgan fingerprint density at radius 2 is 1.73 bits per heavy atom. The first-order chi connectivity index (χ1) is 14.4. The van der Waals surface area contributed by atoms with Crippen LogP contribution in [0, 0.1) is 21.8 Å². The number of benzene rings is 2. The first-order valence-electron chi connectivity index (χ1n) is 9.32. The molecular formula is C21H21FN2O6. The fourth-order valence-electron chi connectivity index (χ4n) is 2.83. The van der Waals surface area contributed by atoms with Crippen LogP contribution in [-0.4, -0.2) is 29.3 Å². The first-order valence-corrected chi connectivity index (χ1v) is 9.32. The van der Waals surface area contributed by atoms with E-state index < -0.39 is 29.3 Å². The Morgan fingerprint density at radius 3 is 2.30 bits per heavy atom. The Morgan fingerprint density at radius 1 is 1.07 bits per heavy atom. The zero-order valence-corrected chi connectivity index (χ0v) is 16.1. The standard InChI is InChI=1S/C15H16N2O6.C6H5F/c18-13(9-23-15(20)10-4-1-2-5-10)16-14(19)11-6-3-7-12(8-11)17(21)22;7-6-4-2-1-3-5-6/h3,6-8,10H,1-2,4-5,9H2,(H,16,18,19);1-5H. The molecule has 1 saturated carbocycles. The van der Waals surface area contributed by atoms with E-state index in [9.17, 15) is 28.9 Å². The molecule has 0 aliphatic heterocycles. The van der Waals surface area contributed by atoms with Gasteiger partial charge in [-0.25, -0.2) is 4.39 Å². The van der Waals surface area contributed by atoms with Gasteiger partial charge >= 0.3 is 5.97 Å². The summed E-state index contributed by atoms with van der Waals surface area (Å²) in [6, 6.07) is 12.9. The number of nitrogens with one attached hydrogen (secondary N) is 1. The average molecular weight is 416 g/mol. The van der Waals surface area contributed by atoms with Crippen molar-refractivity contribution in [2.24, 2.45) is 5.92 Å². The second kappa shape index (κ2) is 11.4. The zero-order chi connectivity index (χ0) is 21.9. The molecule has 0 saturated heterocycles. The number of carbonyl (C=O) groups excluding carboxylic acids is 3. The summed E-state index contributed by atoms with van der Waals surface area (Å²) >= 11 is 0. The molecule has 158 valence electrons. The minimum absolute atomic E-state index is 0.0188. The van der Waals surface area contributed by atoms with Crippen LogP contribution in [0.25, 0.3) is 0 Å². The number of non-ortho nitro benzene ring substituents is 1. The molecule has 0 spiro atoms. The Kier molecular flexibility index (Phi) is 8.61. The number of hydrogen-bond donors (Lipinski definition) is 1. The topological polar surface area (TPSA) is 116 Å². The van der Waals surface area contributed by atoms with Crippen molar-refractivity contribution in [3.8, 4) is 0 Å². The molecular weight excluding hydrogens is 395 g/mol. The number of nitro groups is 1. The lowest BCUT2D eigenvalue weighted by molar-refractivity contribution is -0.384. The number of rotatable bonds is 5. The van der Waals surface area contributed by atoms with Crippen molar-refractivity contribution in [2.75, 3.05) is 6.61 Å². The molecule has 1 fully saturated rings. The maximum absolute atomic E-state index is 11.9. The molecule has 1 N–H and O–H groups in total. The number of ether oxygens (including phenoxy) is 1. The summed E-state index contributed by atoms with van der Waals surface area (Å²) in [5, 5.41) is 12.7. The van der Waals surface area contributed by atoms with E-state index in [0.717, 1.165) is 31.7 Å². The normalized spacial score (nSPS) is 13.0. The lowest BCUT2D eigenvalue weighted by atomic mass is 10.1. The molecule has 8 nitrogen and oxygen atoms in total. The Bertz CT molecular complexity index is 897. The quantitative estimate of drug-likeness (QED) is 0.454. The van der Waals surface area contributed by atoms with Gasteiger partial charge in [0.25, 0.3) is 17.5 Å². The number of amides is 2. The van der Waals surface area contributed by atoms with Crippen molar-refractivity contribution in [3.63, 3.8) is 0 Å². The molecule has 0 aromatic heterocycles. The van der Waals surface area contributed by atoms with Gasteiger partial charge in [0.05, 0.1) is 10.8 Å². The van der Waals surface area contributed by atoms with Crippen LogP contribution in [0.5, 0.6) is 0 Å². The van der Waals surface area contributed by atoms with E-state index in [1.807, 2.05) is 5.32 Å². The van der Waals surface area contributed by atoms with Crippen LogP contribution in [0.2, 0.25) is 0 Å². The highest BCUT2D eigenvalue weighted by Gasteiger charge is 2.25. The number of nitrogens with zero attached hydrogens (tertiary/aromatic N) is 1. The van der Waals surface area contributed by atoms with Gasteiger partial charge in [0.1, 0.15) is 5.82 Å². The number of hydrogen-bond acceptors (Lipinski definition) is 6. The van der Waals surface area contributed by atoms with E-state index in [1.165, 1.54) is 30.3 Å². The van der Waals surface area contributed by atoms with Gasteiger partial charge in [0.15, 0.2) is 6.61 Å². The predicted octanol–water partition coefficient (Wildman–Crippen LogP) is 3.41. The van der Waals surface area contributed by atoms with Gasteiger partial charge in [-0.2, -0.15) is 0 Å². The van der Waals surface area contributed by atoms with Gasteiger partial charge in [-0.1, -0.05) is 37.1 Å². The summed E-state index contributed by atoms with van der Waals surface area (Å²) < 4.78 is 16.8. The SMILES string of the molecule is Fc1ccccc1.O=C(COC(=O)C1CCCC1)NC(=O)c1cccc([N+](=O)[O-])c1. The molecule has 1 aliphatic rings. The summed E-state index contributed by atoms with van der Waals surface area (Å²) in [6.07, 6.45) is 3.45. The molecule has 0 bridgehead atoms. The van der Waals surface area contributed by atoms with Crippen molar-refractivity contribution >= 4 is 23.5 Å². The van der Waals surface area contributed by atoms with Crippen LogP contribution in [-0.2, 0) is 14.3 Å². The van der Waals surface area contributed by atoms with Crippen LogP contribution in [0.4, 0.5) is 10.1 Å². The van der Waals surface area contributed by atoms with Gasteiger partial charge in [-0.15, -0.1) is 0 Å². The van der Waals surface area contributed by atoms with E-state index in [1.54, 1.807) is 18.2 Å². The fourth-order valence-corrected chi connectivity index (χ4v) is 2.83. The average Bonchev–Trinajstić information content (AvgIpc) is 3.28. The highest BCUT2D eigenvalue weighted by atomic mass is 19.1. The molecule has 9 heteroatoms. The third-order valence-electron chi connectivity index (χ3n) is 4.34. The van der Waals surface area contributed by atoms with Gasteiger partial charge < -0.3 is 4.74 Å². The van der Waals surface area contributed by atoms with Crippen molar-refractivity contribution < 1.29 is 28.4 Å². The monoisotopic (exact) mass is 416 g/mol. The molecule has 0 atom stereocenters. The van der Waals surface area contributed by atoms with E-state index >= 15 is 0 Å². The van der Waals surface area contributed by atoms with Gasteiger partial charge in [0, 0.05) is 17.7 Å². The molecule has 0 radical (unpaired) electrons. The zero-order valence-electron chi connectivity index (χ0n) is 16.1. The Labute approximate surface area is 172 Å². The van der Waals surface area contributed by atoms with Crippen molar-refractivity contribution in [1.29, 1.82) is 0 Å². The molecule has 0 unspecified atom stereocenters. The molecule has 1 aliphatic carbocycles. The van der Waals surface area contributed by atoms with Crippen LogP contribution in [0.1, 0.15) is 36.0 Å². The number of carbonyl (C=O) groups is 3. The number of esters is 1. The van der Waals surface area contributed by atoms with Crippen LogP contribution in [0.3, 0.4) is 0 Å². The Hall–Kier alpha value is -3.62. The second-order valence-electron chi connectivity index (χ2n) is 6.57. The fraction of sp³-hybridized carbons (Fsp3) is 0.286. The van der Waals surface area contributed by atoms with Gasteiger partial charge in [-0.05, 0) is 31.0 Å². The molecule has 30 heavy (non-hydrogen) atoms. The van der Waals surface area contributed by atoms with E-state index in [2.05, 4.69) is 0 Å². The number of nitro benzene ring substituents is 1. The number of halogens is 1. The molecule has 3 rings (SSSR count). The lowest BCUT2D eigenvalue weighted by Gasteiger charge is -2.09. The predicted molar refractivity (Wildman–Crippen MR) is 105 cm³/mol. The highest BCUT2D eigenvalue weighted by molar-refractivity contribution is 6.05. The maximum atomic E-state index is 11.9. The minimum Gasteiger partial charge on any atom is -0.455 e. The third kappa shape index (κ3) is 7.42. The second-order valence-corrected chi connectivity index (χ2v) is 6.57. The van der Waals surface area contributed by atoms with Gasteiger partial charge in [0.2, 0.25) is 0 Å². The van der Waals surface area contributed by atoms with E-state index in [0.29, 0.717) is 0 Å². The van der Waals surface area contributed by atoms with E-state index in [-0.39, 0.29) is 23.0 Å². The maximum Gasteiger partial charge on any atom is 0.309 e. The number of imide groups is 1. The minimum atomic E-state index is -0.782. The summed E-state index contributed by atoms with van der Waals surface area (Å²) in [5.74, 6) is -2.33. The molecule has 2 aromatic rings. The largest absolute Gasteiger partial charge is 0.455 e. The third-order valence-corrected chi connectivity index (χ3v) is 4.34. The van der Waals surface area contributed by atoms with Crippen LogP contribution < -0.4 is 5.32 Å². The highest BCUT2D eigenvalue weighted by Crippen LogP contribution is 2.25. The first kappa shape index (κ1) is 22.7. The molecule has 2 aromatic carbocycles. The van der Waals surface area contributed by atoms with E-state index in [4.69, 9.17) is 4.74 Å². The smallest absolute Gasteiger partial charge is 0.309 e. The van der Waals surface area contributed by atoms with Crippen molar-refractivity contribution in [3.05, 3.63) is 76.1 Å². The summed E-state index contributed by atoms with van der Waals surface area (Å²) in [7, 11) is 0. The van der Waals surface area contributed by atoms with Crippen LogP contribution >= 0.6 is 0 Å². The summed E-state index contributed by atoms with van der Waals surface area (Å²) in [5.41, 5.74) is -0.271. The Balaban J connectivity index is 0.000000386. The summed E-state index contributed by atoms with van der Waals surface area (Å²) in [4.78, 5) is 45.1. The molecule has 2 amide bonds. The molecule has 0 heterocycles. The lowest BCUT2D eigenvalue weighted by Crippen LogP contribution is -2.34. The van der Waals surface area contributed by atoms with Crippen LogP contribution in [0.15, 0.2) is 54.6 Å². The van der Waals surface area contributed by atoms with Crippen molar-refractivity contribution in [2.45, 2.75) is 25.7 Å². The van der Waals surface area contributed by atoms with Gasteiger partial charge in [-0.3, -0.25) is 29.8 Å².